The Bertz CT molecular complexity index is 836. The standard InChI is InChI=1S/C27H32O2/c1-26(2,3)28-23-16-12-21(13-17-23)25(20-10-8-7-9-11-20)22-14-18-24(19-15-22)29-27(4,5)6/h7-19,25H,1-6H3. The van der Waals surface area contributed by atoms with E-state index < -0.39 is 0 Å². The topological polar surface area (TPSA) is 18.5 Å². The third-order valence-corrected chi connectivity index (χ3v) is 4.41. The molecule has 0 atom stereocenters. The van der Waals surface area contributed by atoms with E-state index >= 15 is 0 Å². The molecule has 0 spiro atoms. The van der Waals surface area contributed by atoms with Gasteiger partial charge < -0.3 is 9.47 Å². The van der Waals surface area contributed by atoms with Gasteiger partial charge in [-0.25, -0.2) is 0 Å². The second-order valence-corrected chi connectivity index (χ2v) is 9.41. The van der Waals surface area contributed by atoms with Crippen LogP contribution in [0.15, 0.2) is 78.9 Å². The summed E-state index contributed by atoms with van der Waals surface area (Å²) in [7, 11) is 0. The fourth-order valence-corrected chi connectivity index (χ4v) is 3.39. The molecule has 0 aromatic heterocycles. The SMILES string of the molecule is CC(C)(C)Oc1ccc(C(c2ccccc2)c2ccc(OC(C)(C)C)cc2)cc1. The van der Waals surface area contributed by atoms with Crippen LogP contribution in [0.2, 0.25) is 0 Å². The lowest BCUT2D eigenvalue weighted by Gasteiger charge is -2.24. The van der Waals surface area contributed by atoms with Crippen molar-refractivity contribution in [2.45, 2.75) is 58.7 Å². The highest BCUT2D eigenvalue weighted by Crippen LogP contribution is 2.34. The van der Waals surface area contributed by atoms with Gasteiger partial charge in [0.1, 0.15) is 22.7 Å². The van der Waals surface area contributed by atoms with Gasteiger partial charge in [-0.15, -0.1) is 0 Å². The van der Waals surface area contributed by atoms with Crippen molar-refractivity contribution < 1.29 is 9.47 Å². The van der Waals surface area contributed by atoms with Gasteiger partial charge in [-0.3, -0.25) is 0 Å². The van der Waals surface area contributed by atoms with Gasteiger partial charge in [0.05, 0.1) is 0 Å². The highest BCUT2D eigenvalue weighted by Gasteiger charge is 2.19. The average molecular weight is 389 g/mol. The Morgan fingerprint density at radius 2 is 0.828 bits per heavy atom. The molecule has 0 saturated heterocycles. The molecule has 2 nitrogen and oxygen atoms in total. The second-order valence-electron chi connectivity index (χ2n) is 9.41. The van der Waals surface area contributed by atoms with E-state index in [-0.39, 0.29) is 17.1 Å². The number of benzene rings is 3. The normalized spacial score (nSPS) is 12.1. The zero-order valence-electron chi connectivity index (χ0n) is 18.4. The van der Waals surface area contributed by atoms with E-state index in [2.05, 4.69) is 120 Å². The highest BCUT2D eigenvalue weighted by atomic mass is 16.5. The van der Waals surface area contributed by atoms with Gasteiger partial charge in [0.2, 0.25) is 0 Å². The molecule has 2 heteroatoms. The molecule has 0 bridgehead atoms. The number of hydrogen-bond donors (Lipinski definition) is 0. The monoisotopic (exact) mass is 388 g/mol. The zero-order chi connectivity index (χ0) is 21.1. The Kier molecular flexibility index (Phi) is 6.02. The summed E-state index contributed by atoms with van der Waals surface area (Å²) in [4.78, 5) is 0. The maximum Gasteiger partial charge on any atom is 0.120 e. The molecule has 0 aliphatic carbocycles. The summed E-state index contributed by atoms with van der Waals surface area (Å²) < 4.78 is 12.0. The van der Waals surface area contributed by atoms with Crippen LogP contribution in [0.4, 0.5) is 0 Å². The molecule has 0 radical (unpaired) electrons. The molecule has 0 N–H and O–H groups in total. The summed E-state index contributed by atoms with van der Waals surface area (Å²) in [5, 5.41) is 0. The molecule has 152 valence electrons. The van der Waals surface area contributed by atoms with Crippen molar-refractivity contribution in [1.29, 1.82) is 0 Å². The fraction of sp³-hybridized carbons (Fsp3) is 0.333. The van der Waals surface area contributed by atoms with Crippen LogP contribution in [0, 0.1) is 0 Å². The fourth-order valence-electron chi connectivity index (χ4n) is 3.39. The van der Waals surface area contributed by atoms with Crippen LogP contribution in [-0.2, 0) is 0 Å². The third-order valence-electron chi connectivity index (χ3n) is 4.41. The van der Waals surface area contributed by atoms with Crippen molar-refractivity contribution in [1.82, 2.24) is 0 Å². The molecule has 0 aliphatic heterocycles. The lowest BCUT2D eigenvalue weighted by Crippen LogP contribution is -2.23. The molecule has 3 rings (SSSR count). The largest absolute Gasteiger partial charge is 0.488 e. The van der Waals surface area contributed by atoms with E-state index in [1.165, 1.54) is 16.7 Å². The minimum atomic E-state index is -0.205. The van der Waals surface area contributed by atoms with E-state index in [4.69, 9.17) is 9.47 Å². The van der Waals surface area contributed by atoms with Crippen LogP contribution < -0.4 is 9.47 Å². The minimum Gasteiger partial charge on any atom is -0.488 e. The first-order valence-electron chi connectivity index (χ1n) is 10.2. The van der Waals surface area contributed by atoms with Gasteiger partial charge in [-0.05, 0) is 82.5 Å². The van der Waals surface area contributed by atoms with Crippen molar-refractivity contribution in [2.75, 3.05) is 0 Å². The zero-order valence-corrected chi connectivity index (χ0v) is 18.4. The quantitative estimate of drug-likeness (QED) is 0.430. The van der Waals surface area contributed by atoms with Crippen LogP contribution in [0.3, 0.4) is 0 Å². The van der Waals surface area contributed by atoms with Crippen molar-refractivity contribution in [3.8, 4) is 11.5 Å². The van der Waals surface area contributed by atoms with E-state index in [0.29, 0.717) is 0 Å². The van der Waals surface area contributed by atoms with Crippen molar-refractivity contribution >= 4 is 0 Å². The van der Waals surface area contributed by atoms with Crippen molar-refractivity contribution in [3.63, 3.8) is 0 Å². The summed E-state index contributed by atoms with van der Waals surface area (Å²) in [5.41, 5.74) is 3.33. The predicted molar refractivity (Wildman–Crippen MR) is 121 cm³/mol. The lowest BCUT2D eigenvalue weighted by atomic mass is 9.85. The Morgan fingerprint density at radius 3 is 1.17 bits per heavy atom. The van der Waals surface area contributed by atoms with Crippen LogP contribution in [0.25, 0.3) is 0 Å². The number of hydrogen-bond acceptors (Lipinski definition) is 2. The minimum absolute atomic E-state index is 0.156. The van der Waals surface area contributed by atoms with Crippen LogP contribution in [0.5, 0.6) is 11.5 Å². The Morgan fingerprint density at radius 1 is 0.483 bits per heavy atom. The van der Waals surface area contributed by atoms with Crippen molar-refractivity contribution in [2.24, 2.45) is 0 Å². The second kappa shape index (κ2) is 8.32. The van der Waals surface area contributed by atoms with Crippen LogP contribution in [-0.4, -0.2) is 11.2 Å². The first kappa shape index (κ1) is 21.0. The van der Waals surface area contributed by atoms with E-state index in [1.807, 2.05) is 0 Å². The molecule has 3 aromatic rings. The first-order chi connectivity index (χ1) is 13.6. The van der Waals surface area contributed by atoms with E-state index in [1.54, 1.807) is 0 Å². The predicted octanol–water partition coefficient (Wildman–Crippen LogP) is 7.22. The molecule has 29 heavy (non-hydrogen) atoms. The maximum absolute atomic E-state index is 5.99. The lowest BCUT2D eigenvalue weighted by molar-refractivity contribution is 0.130. The van der Waals surface area contributed by atoms with Gasteiger partial charge in [0.25, 0.3) is 0 Å². The molecular weight excluding hydrogens is 356 g/mol. The Hall–Kier alpha value is -2.74. The molecule has 0 aliphatic rings. The van der Waals surface area contributed by atoms with Crippen molar-refractivity contribution in [3.05, 3.63) is 95.6 Å². The maximum atomic E-state index is 5.99. The summed E-state index contributed by atoms with van der Waals surface area (Å²) >= 11 is 0. The van der Waals surface area contributed by atoms with E-state index in [9.17, 15) is 0 Å². The average Bonchev–Trinajstić information content (AvgIpc) is 2.63. The molecule has 0 heterocycles. The molecule has 3 aromatic carbocycles. The summed E-state index contributed by atoms with van der Waals surface area (Å²) in [6.07, 6.45) is 0. The van der Waals surface area contributed by atoms with Crippen LogP contribution >= 0.6 is 0 Å². The molecular formula is C27H32O2. The number of ether oxygens (including phenoxy) is 2. The molecule has 0 amide bonds. The van der Waals surface area contributed by atoms with Gasteiger partial charge in [-0.1, -0.05) is 54.6 Å². The summed E-state index contributed by atoms with van der Waals surface area (Å²) in [6.45, 7) is 12.4. The van der Waals surface area contributed by atoms with Gasteiger partial charge in [0.15, 0.2) is 0 Å². The smallest absolute Gasteiger partial charge is 0.120 e. The number of rotatable bonds is 5. The van der Waals surface area contributed by atoms with E-state index in [0.717, 1.165) is 11.5 Å². The van der Waals surface area contributed by atoms with Gasteiger partial charge in [0, 0.05) is 5.92 Å². The Labute approximate surface area is 175 Å². The summed E-state index contributed by atoms with van der Waals surface area (Å²) in [6, 6.07) is 27.5. The molecule has 0 saturated carbocycles. The van der Waals surface area contributed by atoms with Gasteiger partial charge in [-0.2, -0.15) is 0 Å². The Balaban J connectivity index is 1.94. The third kappa shape index (κ3) is 6.12. The summed E-state index contributed by atoms with van der Waals surface area (Å²) in [5.74, 6) is 1.94. The molecule has 0 fully saturated rings. The van der Waals surface area contributed by atoms with Gasteiger partial charge >= 0.3 is 0 Å². The highest BCUT2D eigenvalue weighted by molar-refractivity contribution is 5.45. The van der Waals surface area contributed by atoms with Crippen LogP contribution in [0.1, 0.15) is 64.2 Å². The molecule has 0 unspecified atom stereocenters. The first-order valence-corrected chi connectivity index (χ1v) is 10.2.